The van der Waals surface area contributed by atoms with Gasteiger partial charge in [0, 0.05) is 18.3 Å². The molecule has 0 aliphatic carbocycles. The predicted molar refractivity (Wildman–Crippen MR) is 104 cm³/mol. The zero-order valence-electron chi connectivity index (χ0n) is 15.3. The summed E-state index contributed by atoms with van der Waals surface area (Å²) in [5.41, 5.74) is 5.41. The number of phenols is 1. The number of anilines is 2. The number of benzene rings is 2. The van der Waals surface area contributed by atoms with Crippen LogP contribution in [0.3, 0.4) is 0 Å². The summed E-state index contributed by atoms with van der Waals surface area (Å²) in [6, 6.07) is 8.64. The first-order valence-corrected chi connectivity index (χ1v) is 9.82. The molecule has 2 aromatic rings. The Morgan fingerprint density at radius 2 is 1.85 bits per heavy atom. The maximum absolute atomic E-state index is 12.8. The summed E-state index contributed by atoms with van der Waals surface area (Å²) < 4.78 is 33.6. The molecule has 0 unspecified atom stereocenters. The maximum atomic E-state index is 12.8. The van der Waals surface area contributed by atoms with Crippen molar-refractivity contribution < 1.29 is 23.1 Å². The lowest BCUT2D eigenvalue weighted by molar-refractivity contribution is 0.0997. The van der Waals surface area contributed by atoms with Crippen LogP contribution in [0.15, 0.2) is 41.3 Å². The van der Waals surface area contributed by atoms with E-state index in [0.717, 1.165) is 12.1 Å². The Bertz CT molecular complexity index is 925. The first-order chi connectivity index (χ1) is 12.6. The van der Waals surface area contributed by atoms with Crippen LogP contribution in [0.1, 0.15) is 31.1 Å². The van der Waals surface area contributed by atoms with E-state index < -0.39 is 21.7 Å². The van der Waals surface area contributed by atoms with Gasteiger partial charge >= 0.3 is 0 Å². The quantitative estimate of drug-likeness (QED) is 0.545. The fourth-order valence-electron chi connectivity index (χ4n) is 2.40. The second-order valence-electron chi connectivity index (χ2n) is 6.06. The molecule has 0 aromatic heterocycles. The monoisotopic (exact) mass is 393 g/mol. The van der Waals surface area contributed by atoms with Gasteiger partial charge in [0.05, 0.1) is 17.4 Å². The number of carbonyl (C=O) groups excluding carboxylic acids is 1. The molecule has 1 amide bonds. The van der Waals surface area contributed by atoms with E-state index in [-0.39, 0.29) is 22.3 Å². The molecule has 0 aliphatic heterocycles. The average molecular weight is 393 g/mol. The standard InChI is InChI=1S/C18H23N3O5S/c1-4-20-15-10-16(22)14(18(19)23)9-17(15)27(24,25)21-12-5-7-13(8-6-12)26-11(2)3/h5-11,20-22H,4H2,1-3H3,(H2,19,23). The molecule has 0 fully saturated rings. The summed E-state index contributed by atoms with van der Waals surface area (Å²) in [4.78, 5) is 11.3. The van der Waals surface area contributed by atoms with Crippen molar-refractivity contribution in [1.29, 1.82) is 0 Å². The maximum Gasteiger partial charge on any atom is 0.263 e. The molecule has 0 radical (unpaired) electrons. The summed E-state index contributed by atoms with van der Waals surface area (Å²) in [6.45, 7) is 5.97. The van der Waals surface area contributed by atoms with Crippen molar-refractivity contribution in [3.63, 3.8) is 0 Å². The van der Waals surface area contributed by atoms with Crippen LogP contribution in [0, 0.1) is 0 Å². The minimum Gasteiger partial charge on any atom is -0.507 e. The molecule has 0 heterocycles. The van der Waals surface area contributed by atoms with Gasteiger partial charge in [0.15, 0.2) is 0 Å². The number of primary amides is 1. The third-order valence-electron chi connectivity index (χ3n) is 3.50. The summed E-state index contributed by atoms with van der Waals surface area (Å²) in [5, 5.41) is 12.8. The molecular weight excluding hydrogens is 370 g/mol. The van der Waals surface area contributed by atoms with Gasteiger partial charge in [0.2, 0.25) is 0 Å². The number of ether oxygens (including phenoxy) is 1. The molecule has 0 spiro atoms. The Morgan fingerprint density at radius 3 is 2.37 bits per heavy atom. The van der Waals surface area contributed by atoms with Gasteiger partial charge in [-0.05, 0) is 51.1 Å². The Labute approximate surface area is 158 Å². The normalized spacial score (nSPS) is 11.3. The van der Waals surface area contributed by atoms with Crippen LogP contribution >= 0.6 is 0 Å². The molecular formula is C18H23N3O5S. The molecule has 0 atom stereocenters. The molecule has 27 heavy (non-hydrogen) atoms. The number of hydrogen-bond donors (Lipinski definition) is 4. The second kappa shape index (κ2) is 8.17. The molecule has 2 rings (SSSR count). The lowest BCUT2D eigenvalue weighted by atomic mass is 10.1. The van der Waals surface area contributed by atoms with Gasteiger partial charge in [-0.2, -0.15) is 0 Å². The number of hydrogen-bond acceptors (Lipinski definition) is 6. The van der Waals surface area contributed by atoms with Crippen LogP contribution in [0.5, 0.6) is 11.5 Å². The van der Waals surface area contributed by atoms with Crippen molar-refractivity contribution in [2.45, 2.75) is 31.8 Å². The molecule has 0 aliphatic rings. The number of nitrogens with two attached hydrogens (primary N) is 1. The van der Waals surface area contributed by atoms with Crippen molar-refractivity contribution in [3.8, 4) is 11.5 Å². The fraction of sp³-hybridized carbons (Fsp3) is 0.278. The number of nitrogens with one attached hydrogen (secondary N) is 2. The molecule has 0 bridgehead atoms. The van der Waals surface area contributed by atoms with E-state index >= 15 is 0 Å². The molecule has 8 nitrogen and oxygen atoms in total. The highest BCUT2D eigenvalue weighted by atomic mass is 32.2. The minimum absolute atomic E-state index is 0.000523. The van der Waals surface area contributed by atoms with Gasteiger partial charge in [-0.1, -0.05) is 0 Å². The van der Waals surface area contributed by atoms with Crippen molar-refractivity contribution in [2.75, 3.05) is 16.6 Å². The Morgan fingerprint density at radius 1 is 1.22 bits per heavy atom. The first-order valence-electron chi connectivity index (χ1n) is 8.34. The Balaban J connectivity index is 2.40. The smallest absolute Gasteiger partial charge is 0.263 e. The van der Waals surface area contributed by atoms with Gasteiger partial charge in [0.1, 0.15) is 16.4 Å². The van der Waals surface area contributed by atoms with Crippen LogP contribution in [0.25, 0.3) is 0 Å². The van der Waals surface area contributed by atoms with E-state index in [1.165, 1.54) is 0 Å². The van der Waals surface area contributed by atoms with Crippen molar-refractivity contribution in [2.24, 2.45) is 5.73 Å². The van der Waals surface area contributed by atoms with Crippen molar-refractivity contribution in [3.05, 3.63) is 42.0 Å². The number of amides is 1. The van der Waals surface area contributed by atoms with E-state index in [0.29, 0.717) is 18.0 Å². The van der Waals surface area contributed by atoms with E-state index in [1.54, 1.807) is 31.2 Å². The molecule has 2 aromatic carbocycles. The summed E-state index contributed by atoms with van der Waals surface area (Å²) in [6.07, 6.45) is -0.000523. The van der Waals surface area contributed by atoms with Crippen LogP contribution in [-0.2, 0) is 10.0 Å². The molecule has 146 valence electrons. The number of rotatable bonds is 8. The summed E-state index contributed by atoms with van der Waals surface area (Å²) in [5.74, 6) is -0.711. The molecule has 0 saturated carbocycles. The third-order valence-corrected chi connectivity index (χ3v) is 4.92. The lowest BCUT2D eigenvalue weighted by Crippen LogP contribution is -2.18. The lowest BCUT2D eigenvalue weighted by Gasteiger charge is -2.15. The van der Waals surface area contributed by atoms with Crippen LogP contribution in [-0.4, -0.2) is 32.1 Å². The van der Waals surface area contributed by atoms with Gasteiger partial charge in [-0.25, -0.2) is 8.42 Å². The highest BCUT2D eigenvalue weighted by Crippen LogP contribution is 2.31. The average Bonchev–Trinajstić information content (AvgIpc) is 2.55. The zero-order chi connectivity index (χ0) is 20.2. The molecule has 5 N–H and O–H groups in total. The van der Waals surface area contributed by atoms with E-state index in [2.05, 4.69) is 10.0 Å². The largest absolute Gasteiger partial charge is 0.507 e. The summed E-state index contributed by atoms with van der Waals surface area (Å²) >= 11 is 0. The van der Waals surface area contributed by atoms with E-state index in [1.807, 2.05) is 13.8 Å². The van der Waals surface area contributed by atoms with E-state index in [4.69, 9.17) is 10.5 Å². The highest BCUT2D eigenvalue weighted by Gasteiger charge is 2.23. The molecule has 0 saturated heterocycles. The van der Waals surface area contributed by atoms with E-state index in [9.17, 15) is 18.3 Å². The topological polar surface area (TPSA) is 131 Å². The van der Waals surface area contributed by atoms with Gasteiger partial charge in [-0.3, -0.25) is 9.52 Å². The zero-order valence-corrected chi connectivity index (χ0v) is 16.1. The second-order valence-corrected chi connectivity index (χ2v) is 7.71. The van der Waals surface area contributed by atoms with Crippen LogP contribution in [0.2, 0.25) is 0 Å². The minimum atomic E-state index is -4.05. The SMILES string of the molecule is CCNc1cc(O)c(C(N)=O)cc1S(=O)(=O)Nc1ccc(OC(C)C)cc1. The number of carbonyl (C=O) groups is 1. The summed E-state index contributed by atoms with van der Waals surface area (Å²) in [7, 11) is -4.05. The predicted octanol–water partition coefficient (Wildman–Crippen LogP) is 2.51. The van der Waals surface area contributed by atoms with Crippen molar-refractivity contribution in [1.82, 2.24) is 0 Å². The van der Waals surface area contributed by atoms with Gasteiger partial charge < -0.3 is 20.9 Å². The van der Waals surface area contributed by atoms with Gasteiger partial charge in [-0.15, -0.1) is 0 Å². The molecule has 9 heteroatoms. The Hall–Kier alpha value is -2.94. The number of aromatic hydroxyl groups is 1. The van der Waals surface area contributed by atoms with Crippen LogP contribution < -0.4 is 20.5 Å². The third kappa shape index (κ3) is 5.04. The Kier molecular flexibility index (Phi) is 6.17. The number of sulfonamides is 1. The van der Waals surface area contributed by atoms with Crippen LogP contribution in [0.4, 0.5) is 11.4 Å². The van der Waals surface area contributed by atoms with Gasteiger partial charge in [0.25, 0.3) is 15.9 Å². The first kappa shape index (κ1) is 20.4. The van der Waals surface area contributed by atoms with Crippen molar-refractivity contribution >= 4 is 27.3 Å². The fourth-order valence-corrected chi connectivity index (χ4v) is 3.65. The highest BCUT2D eigenvalue weighted by molar-refractivity contribution is 7.92.